The molecular weight excluding hydrogens is 431 g/mol. The number of guanidine groups is 1. The lowest BCUT2D eigenvalue weighted by Gasteiger charge is -2.27. The van der Waals surface area contributed by atoms with Gasteiger partial charge >= 0.3 is 0 Å². The van der Waals surface area contributed by atoms with Gasteiger partial charge in [-0.05, 0) is 42.2 Å². The summed E-state index contributed by atoms with van der Waals surface area (Å²) in [6, 6.07) is 12.5. The number of hydrogen-bond acceptors (Lipinski definition) is 4. The first-order chi connectivity index (χ1) is 15.5. The SMILES string of the molecule is N#CNC(=NCC(C(=N)c1ccc(F)cc1)N1CCCC1=O)NCCc1ccccc1Cl. The van der Waals surface area contributed by atoms with E-state index in [-0.39, 0.29) is 24.1 Å². The number of benzene rings is 2. The van der Waals surface area contributed by atoms with Crippen molar-refractivity contribution in [2.75, 3.05) is 19.6 Å². The van der Waals surface area contributed by atoms with Gasteiger partial charge in [-0.1, -0.05) is 41.9 Å². The number of likely N-dealkylation sites (tertiary alicyclic amines) is 1. The van der Waals surface area contributed by atoms with E-state index in [1.54, 1.807) is 4.90 Å². The number of amides is 1. The van der Waals surface area contributed by atoms with Gasteiger partial charge in [0.15, 0.2) is 6.19 Å². The molecule has 2 aromatic carbocycles. The molecule has 0 radical (unpaired) electrons. The molecule has 0 spiro atoms. The summed E-state index contributed by atoms with van der Waals surface area (Å²) >= 11 is 6.18. The van der Waals surface area contributed by atoms with Crippen molar-refractivity contribution in [3.05, 3.63) is 70.5 Å². The average Bonchev–Trinajstić information content (AvgIpc) is 3.21. The maximum atomic E-state index is 13.3. The second-order valence-corrected chi connectivity index (χ2v) is 7.73. The zero-order valence-corrected chi connectivity index (χ0v) is 18.2. The fraction of sp³-hybridized carbons (Fsp3) is 0.304. The van der Waals surface area contributed by atoms with Gasteiger partial charge in [-0.2, -0.15) is 5.26 Å². The third-order valence-electron chi connectivity index (χ3n) is 5.22. The average molecular weight is 455 g/mol. The monoisotopic (exact) mass is 454 g/mol. The number of hydrogen-bond donors (Lipinski definition) is 3. The van der Waals surface area contributed by atoms with Crippen LogP contribution in [0.15, 0.2) is 53.5 Å². The van der Waals surface area contributed by atoms with Crippen molar-refractivity contribution in [3.8, 4) is 6.19 Å². The summed E-state index contributed by atoms with van der Waals surface area (Å²) in [6.45, 7) is 1.11. The van der Waals surface area contributed by atoms with Crippen LogP contribution in [0.3, 0.4) is 0 Å². The zero-order chi connectivity index (χ0) is 22.9. The molecule has 32 heavy (non-hydrogen) atoms. The Balaban J connectivity index is 1.72. The first kappa shape index (κ1) is 23.2. The van der Waals surface area contributed by atoms with Gasteiger partial charge in [-0.25, -0.2) is 9.38 Å². The topological polar surface area (TPSA) is 104 Å². The van der Waals surface area contributed by atoms with Crippen LogP contribution < -0.4 is 10.6 Å². The van der Waals surface area contributed by atoms with E-state index >= 15 is 0 Å². The van der Waals surface area contributed by atoms with Crippen LogP contribution in [-0.2, 0) is 11.2 Å². The van der Waals surface area contributed by atoms with Crippen LogP contribution in [0.2, 0.25) is 5.02 Å². The van der Waals surface area contributed by atoms with Gasteiger partial charge < -0.3 is 15.6 Å². The summed E-state index contributed by atoms with van der Waals surface area (Å²) in [5.41, 5.74) is 1.67. The molecule has 0 bridgehead atoms. The van der Waals surface area contributed by atoms with E-state index < -0.39 is 11.9 Å². The van der Waals surface area contributed by atoms with E-state index in [4.69, 9.17) is 22.3 Å². The molecule has 3 rings (SSSR count). The smallest absolute Gasteiger partial charge is 0.223 e. The van der Waals surface area contributed by atoms with Gasteiger partial charge in [0.2, 0.25) is 11.9 Å². The molecule has 1 heterocycles. The van der Waals surface area contributed by atoms with Crippen molar-refractivity contribution >= 4 is 29.2 Å². The van der Waals surface area contributed by atoms with Crippen LogP contribution in [0.4, 0.5) is 4.39 Å². The Kier molecular flexibility index (Phi) is 8.17. The molecule has 1 aliphatic heterocycles. The molecule has 9 heteroatoms. The Labute approximate surface area is 191 Å². The fourth-order valence-corrected chi connectivity index (χ4v) is 3.78. The fourth-order valence-electron chi connectivity index (χ4n) is 3.55. The summed E-state index contributed by atoms with van der Waals surface area (Å²) < 4.78 is 13.3. The number of nitrogens with zero attached hydrogens (tertiary/aromatic N) is 3. The summed E-state index contributed by atoms with van der Waals surface area (Å²) in [4.78, 5) is 18.4. The van der Waals surface area contributed by atoms with Gasteiger partial charge in [0.05, 0.1) is 18.3 Å². The third kappa shape index (κ3) is 6.05. The number of aliphatic imine (C=N–C) groups is 1. The molecule has 0 aliphatic carbocycles. The molecule has 166 valence electrons. The molecule has 2 aromatic rings. The van der Waals surface area contributed by atoms with Crippen LogP contribution in [0.25, 0.3) is 0 Å². The number of nitrogens with one attached hydrogen (secondary N) is 3. The number of carbonyl (C=O) groups excluding carboxylic acids is 1. The largest absolute Gasteiger partial charge is 0.355 e. The second-order valence-electron chi connectivity index (χ2n) is 7.32. The van der Waals surface area contributed by atoms with Crippen molar-refractivity contribution in [2.45, 2.75) is 25.3 Å². The number of nitriles is 1. The molecule has 1 amide bonds. The van der Waals surface area contributed by atoms with E-state index in [2.05, 4.69) is 15.6 Å². The first-order valence-corrected chi connectivity index (χ1v) is 10.7. The summed E-state index contributed by atoms with van der Waals surface area (Å²) in [5, 5.41) is 24.0. The molecular formula is C23H24ClFN6O. The zero-order valence-electron chi connectivity index (χ0n) is 17.4. The minimum Gasteiger partial charge on any atom is -0.355 e. The van der Waals surface area contributed by atoms with E-state index in [1.807, 2.05) is 30.5 Å². The highest BCUT2D eigenvalue weighted by molar-refractivity contribution is 6.31. The van der Waals surface area contributed by atoms with Crippen molar-refractivity contribution in [2.24, 2.45) is 4.99 Å². The van der Waals surface area contributed by atoms with E-state index in [0.717, 1.165) is 12.0 Å². The Bertz CT molecular complexity index is 1030. The van der Waals surface area contributed by atoms with Gasteiger partial charge in [-0.3, -0.25) is 10.1 Å². The predicted octanol–water partition coefficient (Wildman–Crippen LogP) is 3.10. The van der Waals surface area contributed by atoms with Gasteiger partial charge in [0.25, 0.3) is 0 Å². The van der Waals surface area contributed by atoms with Crippen LogP contribution in [0, 0.1) is 22.7 Å². The van der Waals surface area contributed by atoms with E-state index in [1.165, 1.54) is 24.3 Å². The Hall–Kier alpha value is -3.44. The Morgan fingerprint density at radius 1 is 1.28 bits per heavy atom. The lowest BCUT2D eigenvalue weighted by Crippen LogP contribution is -2.45. The highest BCUT2D eigenvalue weighted by Gasteiger charge is 2.31. The first-order valence-electron chi connectivity index (χ1n) is 10.3. The summed E-state index contributed by atoms with van der Waals surface area (Å²) in [6.07, 6.45) is 3.63. The molecule has 0 aromatic heterocycles. The van der Waals surface area contributed by atoms with Crippen LogP contribution in [0.5, 0.6) is 0 Å². The molecule has 1 aliphatic rings. The number of rotatable bonds is 8. The van der Waals surface area contributed by atoms with E-state index in [9.17, 15) is 9.18 Å². The van der Waals surface area contributed by atoms with Gasteiger partial charge in [0.1, 0.15) is 5.82 Å². The molecule has 3 N–H and O–H groups in total. The second kappa shape index (κ2) is 11.3. The standard InChI is InChI=1S/C23H24ClFN6O/c24-19-5-2-1-4-16(19)11-12-28-23(30-15-26)29-14-20(31-13-3-6-21(31)32)22(27)17-7-9-18(25)10-8-17/h1-2,4-5,7-10,20,27H,3,6,11-14H2,(H2,28,29,30). The predicted molar refractivity (Wildman–Crippen MR) is 122 cm³/mol. The van der Waals surface area contributed by atoms with Gasteiger partial charge in [0, 0.05) is 24.5 Å². The molecule has 0 saturated carbocycles. The number of carbonyl (C=O) groups is 1. The minimum absolute atomic E-state index is 0.0430. The highest BCUT2D eigenvalue weighted by atomic mass is 35.5. The lowest BCUT2D eigenvalue weighted by molar-refractivity contribution is -0.128. The molecule has 1 unspecified atom stereocenters. The Morgan fingerprint density at radius 3 is 2.69 bits per heavy atom. The minimum atomic E-state index is -0.615. The quantitative estimate of drug-likeness (QED) is 0.247. The van der Waals surface area contributed by atoms with Gasteiger partial charge in [-0.15, -0.1) is 0 Å². The Morgan fingerprint density at radius 2 is 2.03 bits per heavy atom. The molecule has 1 saturated heterocycles. The highest BCUT2D eigenvalue weighted by Crippen LogP contribution is 2.18. The van der Waals surface area contributed by atoms with Crippen molar-refractivity contribution in [1.82, 2.24) is 15.5 Å². The molecule has 1 fully saturated rings. The van der Waals surface area contributed by atoms with Crippen LogP contribution in [0.1, 0.15) is 24.0 Å². The normalized spacial score (nSPS) is 14.7. The molecule has 1 atom stereocenters. The molecule has 7 nitrogen and oxygen atoms in total. The number of halogens is 2. The van der Waals surface area contributed by atoms with Crippen molar-refractivity contribution in [3.63, 3.8) is 0 Å². The van der Waals surface area contributed by atoms with Crippen molar-refractivity contribution in [1.29, 1.82) is 10.7 Å². The maximum Gasteiger partial charge on any atom is 0.223 e. The maximum absolute atomic E-state index is 13.3. The lowest BCUT2D eigenvalue weighted by atomic mass is 10.0. The third-order valence-corrected chi connectivity index (χ3v) is 5.58. The van der Waals surface area contributed by atoms with Crippen LogP contribution >= 0.6 is 11.6 Å². The van der Waals surface area contributed by atoms with Crippen LogP contribution in [-0.4, -0.2) is 48.2 Å². The summed E-state index contributed by atoms with van der Waals surface area (Å²) in [5.74, 6) is -0.182. The van der Waals surface area contributed by atoms with E-state index in [0.29, 0.717) is 36.5 Å². The summed E-state index contributed by atoms with van der Waals surface area (Å²) in [7, 11) is 0. The van der Waals surface area contributed by atoms with Crippen molar-refractivity contribution < 1.29 is 9.18 Å².